The highest BCUT2D eigenvalue weighted by Gasteiger charge is 2.07. The van der Waals surface area contributed by atoms with Crippen LogP contribution in [-0.4, -0.2) is 32.9 Å². The highest BCUT2D eigenvalue weighted by atomic mass is 16.1. The number of nitrogens with one attached hydrogen (secondary N) is 3. The summed E-state index contributed by atoms with van der Waals surface area (Å²) in [6, 6.07) is 7.06. The number of carbonyl (C=O) groups excluding carboxylic acids is 1. The molecule has 0 saturated heterocycles. The van der Waals surface area contributed by atoms with E-state index in [2.05, 4.69) is 30.6 Å². The summed E-state index contributed by atoms with van der Waals surface area (Å²) in [5.41, 5.74) is 2.28. The predicted molar refractivity (Wildman–Crippen MR) is 89.8 cm³/mol. The Bertz CT molecular complexity index is 949. The van der Waals surface area contributed by atoms with E-state index in [4.69, 9.17) is 0 Å². The number of hydrogen-bond donors (Lipinski definition) is 3. The number of carbonyl (C=O) groups is 1. The summed E-state index contributed by atoms with van der Waals surface area (Å²) in [6.07, 6.45) is 1.58. The van der Waals surface area contributed by atoms with E-state index in [-0.39, 0.29) is 17.0 Å². The Hall–Kier alpha value is -3.29. The van der Waals surface area contributed by atoms with Gasteiger partial charge in [-0.1, -0.05) is 0 Å². The lowest BCUT2D eigenvalue weighted by Gasteiger charge is -2.07. The van der Waals surface area contributed by atoms with E-state index < -0.39 is 0 Å². The molecular formula is C16H16N6O2. The number of H-pyrrole nitrogens is 1. The van der Waals surface area contributed by atoms with Gasteiger partial charge in [0, 0.05) is 18.3 Å². The second kappa shape index (κ2) is 6.45. The van der Waals surface area contributed by atoms with Crippen LogP contribution in [0.5, 0.6) is 0 Å². The number of aromatic amines is 1. The average Bonchev–Trinajstić information content (AvgIpc) is 2.60. The van der Waals surface area contributed by atoms with Gasteiger partial charge in [0.05, 0.1) is 18.4 Å². The quantitative estimate of drug-likeness (QED) is 0.660. The Balaban J connectivity index is 1.76. The Labute approximate surface area is 137 Å². The Morgan fingerprint density at radius 3 is 2.67 bits per heavy atom. The van der Waals surface area contributed by atoms with Crippen LogP contribution in [0.15, 0.2) is 35.3 Å². The molecule has 1 aromatic carbocycles. The average molecular weight is 324 g/mol. The van der Waals surface area contributed by atoms with Crippen LogP contribution in [0.1, 0.15) is 21.9 Å². The van der Waals surface area contributed by atoms with Gasteiger partial charge >= 0.3 is 0 Å². The fourth-order valence-corrected chi connectivity index (χ4v) is 2.23. The summed E-state index contributed by atoms with van der Waals surface area (Å²) in [7, 11) is 1.59. The van der Waals surface area contributed by atoms with Gasteiger partial charge in [-0.05, 0) is 31.2 Å². The molecule has 0 fully saturated rings. The Morgan fingerprint density at radius 1 is 1.21 bits per heavy atom. The van der Waals surface area contributed by atoms with Crippen LogP contribution in [0.4, 0.5) is 5.69 Å². The summed E-state index contributed by atoms with van der Waals surface area (Å²) in [6.45, 7) is 2.09. The lowest BCUT2D eigenvalue weighted by Crippen LogP contribution is -2.17. The molecule has 8 heteroatoms. The molecule has 2 heterocycles. The summed E-state index contributed by atoms with van der Waals surface area (Å²) in [4.78, 5) is 38.6. The number of fused-ring (bicyclic) bond motifs is 1. The van der Waals surface area contributed by atoms with E-state index in [9.17, 15) is 9.59 Å². The number of hydrogen-bond acceptors (Lipinski definition) is 6. The van der Waals surface area contributed by atoms with Gasteiger partial charge in [-0.15, -0.1) is 0 Å². The van der Waals surface area contributed by atoms with E-state index in [1.165, 1.54) is 0 Å². The molecule has 24 heavy (non-hydrogen) atoms. The van der Waals surface area contributed by atoms with Crippen molar-refractivity contribution in [3.63, 3.8) is 0 Å². The molecule has 3 aromatic rings. The molecule has 0 unspecified atom stereocenters. The molecule has 1 amide bonds. The lowest BCUT2D eigenvalue weighted by molar-refractivity contribution is 0.0963. The maximum absolute atomic E-state index is 11.9. The fraction of sp³-hybridized carbons (Fsp3) is 0.188. The van der Waals surface area contributed by atoms with Gasteiger partial charge in [0.1, 0.15) is 5.82 Å². The second-order valence-corrected chi connectivity index (χ2v) is 5.19. The first-order chi connectivity index (χ1) is 11.6. The molecule has 122 valence electrons. The third-order valence-electron chi connectivity index (χ3n) is 3.43. The number of benzene rings is 1. The lowest BCUT2D eigenvalue weighted by atomic mass is 10.2. The molecule has 3 rings (SSSR count). The molecular weight excluding hydrogens is 308 g/mol. The van der Waals surface area contributed by atoms with Crippen molar-refractivity contribution in [2.75, 3.05) is 12.4 Å². The minimum Gasteiger partial charge on any atom is -0.379 e. The third kappa shape index (κ3) is 3.22. The zero-order chi connectivity index (χ0) is 17.1. The maximum Gasteiger partial charge on any atom is 0.279 e. The molecule has 3 N–H and O–H groups in total. The first kappa shape index (κ1) is 15.6. The van der Waals surface area contributed by atoms with Crippen molar-refractivity contribution in [1.82, 2.24) is 25.3 Å². The fourth-order valence-electron chi connectivity index (χ4n) is 2.23. The molecule has 8 nitrogen and oxygen atoms in total. The van der Waals surface area contributed by atoms with Gasteiger partial charge in [0.15, 0.2) is 11.2 Å². The van der Waals surface area contributed by atoms with Crippen molar-refractivity contribution in [3.05, 3.63) is 57.9 Å². The SMILES string of the molecule is CNC(=O)c1ccc(NCc2cnc3nc(C)[nH]c(=O)c3n2)cc1. The van der Waals surface area contributed by atoms with Crippen molar-refractivity contribution in [2.45, 2.75) is 13.5 Å². The van der Waals surface area contributed by atoms with Gasteiger partial charge in [-0.25, -0.2) is 15.0 Å². The van der Waals surface area contributed by atoms with Gasteiger partial charge < -0.3 is 15.6 Å². The third-order valence-corrected chi connectivity index (χ3v) is 3.43. The minimum absolute atomic E-state index is 0.135. The van der Waals surface area contributed by atoms with Crippen LogP contribution in [0.25, 0.3) is 11.2 Å². The summed E-state index contributed by atoms with van der Waals surface area (Å²) in [5.74, 6) is 0.368. The molecule has 0 saturated carbocycles. The van der Waals surface area contributed by atoms with E-state index in [0.717, 1.165) is 5.69 Å². The topological polar surface area (TPSA) is 113 Å². The first-order valence-electron chi connectivity index (χ1n) is 7.35. The van der Waals surface area contributed by atoms with Crippen molar-refractivity contribution >= 4 is 22.8 Å². The predicted octanol–water partition coefficient (Wildman–Crippen LogP) is 0.993. The van der Waals surface area contributed by atoms with Crippen LogP contribution < -0.4 is 16.2 Å². The van der Waals surface area contributed by atoms with Crippen LogP contribution >= 0.6 is 0 Å². The molecule has 0 bridgehead atoms. The normalized spacial score (nSPS) is 10.6. The monoisotopic (exact) mass is 324 g/mol. The van der Waals surface area contributed by atoms with Gasteiger partial charge in [-0.3, -0.25) is 9.59 Å². The summed E-state index contributed by atoms with van der Waals surface area (Å²) in [5, 5.41) is 5.74. The zero-order valence-corrected chi connectivity index (χ0v) is 13.3. The van der Waals surface area contributed by atoms with Crippen LogP contribution in [-0.2, 0) is 6.54 Å². The van der Waals surface area contributed by atoms with Gasteiger partial charge in [0.2, 0.25) is 0 Å². The molecule has 0 aliphatic rings. The number of rotatable bonds is 4. The number of nitrogens with zero attached hydrogens (tertiary/aromatic N) is 3. The van der Waals surface area contributed by atoms with Crippen LogP contribution in [0.3, 0.4) is 0 Å². The van der Waals surface area contributed by atoms with Gasteiger partial charge in [0.25, 0.3) is 11.5 Å². The van der Waals surface area contributed by atoms with Crippen LogP contribution in [0.2, 0.25) is 0 Å². The van der Waals surface area contributed by atoms with E-state index in [1.807, 2.05) is 0 Å². The number of amides is 1. The van der Waals surface area contributed by atoms with Gasteiger partial charge in [-0.2, -0.15) is 0 Å². The van der Waals surface area contributed by atoms with Crippen LogP contribution in [0, 0.1) is 6.92 Å². The van der Waals surface area contributed by atoms with Crippen molar-refractivity contribution in [1.29, 1.82) is 0 Å². The largest absolute Gasteiger partial charge is 0.379 e. The minimum atomic E-state index is -0.304. The standard InChI is InChI=1S/C16H16N6O2/c1-9-20-14-13(16(24)21-9)22-12(8-19-14)7-18-11-5-3-10(4-6-11)15(23)17-2/h3-6,8,18H,7H2,1-2H3,(H,17,23)(H,19,20,21,24). The van der Waals surface area contributed by atoms with E-state index >= 15 is 0 Å². The summed E-state index contributed by atoms with van der Waals surface area (Å²) < 4.78 is 0. The Morgan fingerprint density at radius 2 is 1.96 bits per heavy atom. The molecule has 2 aromatic heterocycles. The molecule has 0 aliphatic heterocycles. The van der Waals surface area contributed by atoms with E-state index in [0.29, 0.717) is 29.3 Å². The van der Waals surface area contributed by atoms with E-state index in [1.54, 1.807) is 44.4 Å². The summed E-state index contributed by atoms with van der Waals surface area (Å²) >= 11 is 0. The highest BCUT2D eigenvalue weighted by molar-refractivity contribution is 5.94. The number of aryl methyl sites for hydroxylation is 1. The molecule has 0 spiro atoms. The number of anilines is 1. The van der Waals surface area contributed by atoms with Crippen molar-refractivity contribution < 1.29 is 4.79 Å². The molecule has 0 aliphatic carbocycles. The number of aromatic nitrogens is 4. The van der Waals surface area contributed by atoms with Crippen molar-refractivity contribution in [3.8, 4) is 0 Å². The Kier molecular flexibility index (Phi) is 4.19. The second-order valence-electron chi connectivity index (χ2n) is 5.19. The molecule has 0 radical (unpaired) electrons. The maximum atomic E-state index is 11.9. The first-order valence-corrected chi connectivity index (χ1v) is 7.35. The van der Waals surface area contributed by atoms with Crippen molar-refractivity contribution in [2.24, 2.45) is 0 Å². The smallest absolute Gasteiger partial charge is 0.279 e. The molecule has 0 atom stereocenters. The highest BCUT2D eigenvalue weighted by Crippen LogP contribution is 2.11. The zero-order valence-electron chi connectivity index (χ0n) is 13.3.